The first-order valence-corrected chi connectivity index (χ1v) is 12.3. The highest BCUT2D eigenvalue weighted by Gasteiger charge is 2.41. The lowest BCUT2D eigenvalue weighted by Crippen LogP contribution is -2.46. The molecule has 1 N–H and O–H groups in total. The number of amides is 1. The van der Waals surface area contributed by atoms with Crippen molar-refractivity contribution in [1.29, 1.82) is 0 Å². The van der Waals surface area contributed by atoms with Gasteiger partial charge in [-0.05, 0) is 48.4 Å². The number of hydrogen-bond donors (Lipinski definition) is 1. The summed E-state index contributed by atoms with van der Waals surface area (Å²) in [6.45, 7) is 2.08. The van der Waals surface area contributed by atoms with Gasteiger partial charge in [0.2, 0.25) is 5.91 Å². The van der Waals surface area contributed by atoms with E-state index in [2.05, 4.69) is 18.3 Å². The normalized spacial score (nSPS) is 18.0. The maximum absolute atomic E-state index is 13.4. The Labute approximate surface area is 165 Å². The highest BCUT2D eigenvalue weighted by atomic mass is 32.2. The van der Waals surface area contributed by atoms with Crippen LogP contribution in [-0.4, -0.2) is 20.6 Å². The van der Waals surface area contributed by atoms with Crippen molar-refractivity contribution in [2.24, 2.45) is 0 Å². The van der Waals surface area contributed by atoms with E-state index in [4.69, 9.17) is 0 Å². The Morgan fingerprint density at radius 3 is 2.33 bits per heavy atom. The highest BCUT2D eigenvalue weighted by molar-refractivity contribution is 7.90. The van der Waals surface area contributed by atoms with Gasteiger partial charge in [-0.25, -0.2) is 8.42 Å². The summed E-state index contributed by atoms with van der Waals surface area (Å²) in [5, 5.41) is 5.31. The van der Waals surface area contributed by atoms with E-state index in [1.807, 2.05) is 23.6 Å². The van der Waals surface area contributed by atoms with Crippen LogP contribution in [0.1, 0.15) is 61.9 Å². The lowest BCUT2D eigenvalue weighted by molar-refractivity contribution is -0.128. The average Bonchev–Trinajstić information content (AvgIpc) is 3.20. The minimum absolute atomic E-state index is 0.0200. The largest absolute Gasteiger partial charge is 0.348 e. The average molecular weight is 406 g/mol. The van der Waals surface area contributed by atoms with Gasteiger partial charge in [-0.2, -0.15) is 0 Å². The lowest BCUT2D eigenvalue weighted by Gasteiger charge is -2.37. The minimum Gasteiger partial charge on any atom is -0.348 e. The number of rotatable bonds is 6. The van der Waals surface area contributed by atoms with Gasteiger partial charge in [0.05, 0.1) is 16.4 Å². The molecule has 4 nitrogen and oxygen atoms in total. The number of hydrogen-bond acceptors (Lipinski definition) is 4. The fourth-order valence-corrected chi connectivity index (χ4v) is 5.48. The third-order valence-electron chi connectivity index (χ3n) is 5.58. The van der Waals surface area contributed by atoms with Crippen LogP contribution in [0.25, 0.3) is 0 Å². The Hall–Kier alpha value is -1.66. The van der Waals surface area contributed by atoms with Gasteiger partial charge in [-0.3, -0.25) is 4.79 Å². The topological polar surface area (TPSA) is 63.2 Å². The van der Waals surface area contributed by atoms with Crippen LogP contribution in [0, 0.1) is 0 Å². The Balaban J connectivity index is 1.91. The Morgan fingerprint density at radius 2 is 1.81 bits per heavy atom. The standard InChI is InChI=1S/C21H27NO3S2/c1-3-18(19-8-7-15-26-19)22-20(23)21(13-5-4-6-14-21)16-9-11-17(12-10-16)27(2,24)25/h7-12,15,18H,3-6,13-14H2,1-2H3,(H,22,23). The van der Waals surface area contributed by atoms with Crippen LogP contribution in [0.5, 0.6) is 0 Å². The zero-order valence-corrected chi connectivity index (χ0v) is 17.5. The van der Waals surface area contributed by atoms with Crippen molar-refractivity contribution in [3.63, 3.8) is 0 Å². The predicted octanol–water partition coefficient (Wildman–Crippen LogP) is 4.62. The van der Waals surface area contributed by atoms with Gasteiger partial charge in [0, 0.05) is 11.1 Å². The molecule has 1 aliphatic rings. The summed E-state index contributed by atoms with van der Waals surface area (Å²) >= 11 is 1.66. The molecule has 0 aliphatic heterocycles. The summed E-state index contributed by atoms with van der Waals surface area (Å²) in [6, 6.07) is 11.0. The Bertz CT molecular complexity index is 865. The maximum Gasteiger partial charge on any atom is 0.231 e. The minimum atomic E-state index is -3.24. The molecule has 2 aromatic rings. The molecular formula is C21H27NO3S2. The van der Waals surface area contributed by atoms with Crippen LogP contribution in [0.4, 0.5) is 0 Å². The Morgan fingerprint density at radius 1 is 1.15 bits per heavy atom. The molecule has 0 bridgehead atoms. The van der Waals surface area contributed by atoms with E-state index in [1.54, 1.807) is 23.5 Å². The van der Waals surface area contributed by atoms with Crippen molar-refractivity contribution in [2.45, 2.75) is 61.8 Å². The molecule has 1 unspecified atom stereocenters. The van der Waals surface area contributed by atoms with Crippen LogP contribution in [0.2, 0.25) is 0 Å². The van der Waals surface area contributed by atoms with E-state index in [9.17, 15) is 13.2 Å². The van der Waals surface area contributed by atoms with Gasteiger partial charge in [0.15, 0.2) is 9.84 Å². The molecule has 0 spiro atoms. The molecule has 1 saturated carbocycles. The molecule has 27 heavy (non-hydrogen) atoms. The zero-order valence-electron chi connectivity index (χ0n) is 15.9. The summed E-state index contributed by atoms with van der Waals surface area (Å²) in [6.07, 6.45) is 6.82. The van der Waals surface area contributed by atoms with E-state index in [0.717, 1.165) is 44.1 Å². The van der Waals surface area contributed by atoms with Crippen LogP contribution >= 0.6 is 11.3 Å². The van der Waals surface area contributed by atoms with Gasteiger partial charge in [-0.15, -0.1) is 11.3 Å². The number of thiophene rings is 1. The molecule has 146 valence electrons. The van der Waals surface area contributed by atoms with Gasteiger partial charge in [0.25, 0.3) is 0 Å². The molecule has 1 aliphatic carbocycles. The first-order valence-electron chi connectivity index (χ1n) is 9.52. The van der Waals surface area contributed by atoms with Gasteiger partial charge < -0.3 is 5.32 Å². The van der Waals surface area contributed by atoms with Crippen molar-refractivity contribution in [1.82, 2.24) is 5.32 Å². The first kappa shape index (κ1) is 20.1. The van der Waals surface area contributed by atoms with E-state index in [0.29, 0.717) is 4.90 Å². The molecule has 6 heteroatoms. The molecule has 1 fully saturated rings. The predicted molar refractivity (Wildman–Crippen MR) is 110 cm³/mol. The van der Waals surface area contributed by atoms with Crippen LogP contribution < -0.4 is 5.32 Å². The van der Waals surface area contributed by atoms with Crippen molar-refractivity contribution in [2.75, 3.05) is 6.26 Å². The number of carbonyl (C=O) groups excluding carboxylic acids is 1. The fourth-order valence-electron chi connectivity index (χ4n) is 3.98. The zero-order chi connectivity index (χ0) is 19.5. The third-order valence-corrected chi connectivity index (χ3v) is 7.69. The lowest BCUT2D eigenvalue weighted by atomic mass is 9.68. The molecular weight excluding hydrogens is 378 g/mol. The molecule has 0 radical (unpaired) electrons. The fraction of sp³-hybridized carbons (Fsp3) is 0.476. The van der Waals surface area contributed by atoms with Gasteiger partial charge in [-0.1, -0.05) is 44.4 Å². The van der Waals surface area contributed by atoms with E-state index in [-0.39, 0.29) is 11.9 Å². The Kier molecular flexibility index (Phi) is 6.06. The summed E-state index contributed by atoms with van der Waals surface area (Å²) in [4.78, 5) is 14.9. The van der Waals surface area contributed by atoms with Crippen LogP contribution in [0.15, 0.2) is 46.7 Å². The number of benzene rings is 1. The summed E-state index contributed by atoms with van der Waals surface area (Å²) in [5.74, 6) is 0.0644. The summed E-state index contributed by atoms with van der Waals surface area (Å²) < 4.78 is 23.5. The molecule has 1 amide bonds. The SMILES string of the molecule is CCC(NC(=O)C1(c2ccc(S(C)(=O)=O)cc2)CCCCC1)c1cccs1. The summed E-state index contributed by atoms with van der Waals surface area (Å²) in [7, 11) is -3.24. The van der Waals surface area contributed by atoms with E-state index >= 15 is 0 Å². The first-order chi connectivity index (χ1) is 12.9. The second-order valence-corrected chi connectivity index (χ2v) is 10.4. The smallest absolute Gasteiger partial charge is 0.231 e. The van der Waals surface area contributed by atoms with Crippen LogP contribution in [0.3, 0.4) is 0 Å². The van der Waals surface area contributed by atoms with E-state index < -0.39 is 15.3 Å². The van der Waals surface area contributed by atoms with E-state index in [1.165, 1.54) is 11.1 Å². The van der Waals surface area contributed by atoms with Gasteiger partial charge >= 0.3 is 0 Å². The van der Waals surface area contributed by atoms with Crippen molar-refractivity contribution >= 4 is 27.1 Å². The molecule has 1 atom stereocenters. The molecule has 1 heterocycles. The molecule has 0 saturated heterocycles. The second-order valence-electron chi connectivity index (χ2n) is 7.39. The monoisotopic (exact) mass is 405 g/mol. The van der Waals surface area contributed by atoms with Crippen molar-refractivity contribution < 1.29 is 13.2 Å². The number of carbonyl (C=O) groups is 1. The molecule has 1 aromatic carbocycles. The number of sulfone groups is 1. The van der Waals surface area contributed by atoms with Crippen molar-refractivity contribution in [3.05, 3.63) is 52.2 Å². The van der Waals surface area contributed by atoms with Gasteiger partial charge in [0.1, 0.15) is 0 Å². The summed E-state index contributed by atoms with van der Waals surface area (Å²) in [5.41, 5.74) is 0.354. The second kappa shape index (κ2) is 8.15. The number of nitrogens with one attached hydrogen (secondary N) is 1. The molecule has 3 rings (SSSR count). The maximum atomic E-state index is 13.4. The highest BCUT2D eigenvalue weighted by Crippen LogP contribution is 2.41. The quantitative estimate of drug-likeness (QED) is 0.763. The third kappa shape index (κ3) is 4.27. The van der Waals surface area contributed by atoms with Crippen molar-refractivity contribution in [3.8, 4) is 0 Å². The molecule has 1 aromatic heterocycles. The van der Waals surface area contributed by atoms with Crippen LogP contribution in [-0.2, 0) is 20.0 Å².